The highest BCUT2D eigenvalue weighted by atomic mass is 32.2. The highest BCUT2D eigenvalue weighted by Gasteiger charge is 2.08. The van der Waals surface area contributed by atoms with Gasteiger partial charge in [0.1, 0.15) is 6.33 Å². The number of anilines is 1. The molecule has 1 heterocycles. The summed E-state index contributed by atoms with van der Waals surface area (Å²) in [5.74, 6) is 0.885. The second kappa shape index (κ2) is 8.48. The standard InChI is InChI=1S/C19H20N4OS/c1-15(24)21-17-10-5-11-18(13-17)23-14-20-22-19(23)25-12-6-9-16-7-3-2-4-8-16/h2-5,7-8,10-11,13-14H,6,9,12H2,1H3,(H,21,24). The van der Waals surface area contributed by atoms with E-state index in [9.17, 15) is 4.79 Å². The molecule has 3 aromatic rings. The Labute approximate surface area is 151 Å². The first-order chi connectivity index (χ1) is 12.2. The van der Waals surface area contributed by atoms with Crippen LogP contribution in [-0.4, -0.2) is 26.4 Å². The summed E-state index contributed by atoms with van der Waals surface area (Å²) in [6, 6.07) is 18.1. The van der Waals surface area contributed by atoms with Crippen LogP contribution in [-0.2, 0) is 11.2 Å². The lowest BCUT2D eigenvalue weighted by Gasteiger charge is -2.08. The smallest absolute Gasteiger partial charge is 0.221 e. The van der Waals surface area contributed by atoms with Gasteiger partial charge in [0.05, 0.1) is 5.69 Å². The van der Waals surface area contributed by atoms with Crippen LogP contribution in [0.4, 0.5) is 5.69 Å². The van der Waals surface area contributed by atoms with Crippen LogP contribution in [0, 0.1) is 0 Å². The van der Waals surface area contributed by atoms with Gasteiger partial charge in [0, 0.05) is 18.4 Å². The molecule has 0 unspecified atom stereocenters. The van der Waals surface area contributed by atoms with Gasteiger partial charge < -0.3 is 5.32 Å². The molecule has 0 saturated carbocycles. The summed E-state index contributed by atoms with van der Waals surface area (Å²) in [6.07, 6.45) is 3.83. The number of amides is 1. The van der Waals surface area contributed by atoms with Crippen LogP contribution in [0.1, 0.15) is 18.9 Å². The molecule has 25 heavy (non-hydrogen) atoms. The number of nitrogens with one attached hydrogen (secondary N) is 1. The molecule has 0 aliphatic rings. The van der Waals surface area contributed by atoms with Gasteiger partial charge in [0.2, 0.25) is 5.91 Å². The third kappa shape index (κ3) is 4.93. The summed E-state index contributed by atoms with van der Waals surface area (Å²) < 4.78 is 1.94. The maximum absolute atomic E-state index is 11.2. The molecule has 2 aromatic carbocycles. The van der Waals surface area contributed by atoms with Crippen molar-refractivity contribution in [3.8, 4) is 5.69 Å². The molecule has 5 nitrogen and oxygen atoms in total. The maximum Gasteiger partial charge on any atom is 0.221 e. The second-order valence-corrected chi connectivity index (χ2v) is 6.71. The van der Waals surface area contributed by atoms with Crippen molar-refractivity contribution < 1.29 is 4.79 Å². The quantitative estimate of drug-likeness (QED) is 0.517. The first kappa shape index (κ1) is 17.2. The highest BCUT2D eigenvalue weighted by Crippen LogP contribution is 2.22. The van der Waals surface area contributed by atoms with E-state index in [2.05, 4.69) is 39.8 Å². The molecular weight excluding hydrogens is 332 g/mol. The lowest BCUT2D eigenvalue weighted by atomic mass is 10.1. The van der Waals surface area contributed by atoms with E-state index in [0.29, 0.717) is 0 Å². The van der Waals surface area contributed by atoms with Crippen molar-refractivity contribution in [2.75, 3.05) is 11.1 Å². The summed E-state index contributed by atoms with van der Waals surface area (Å²) >= 11 is 1.69. The second-order valence-electron chi connectivity index (χ2n) is 5.65. The number of aryl methyl sites for hydroxylation is 1. The fraction of sp³-hybridized carbons (Fsp3) is 0.211. The molecule has 3 rings (SSSR count). The largest absolute Gasteiger partial charge is 0.326 e. The third-order valence-electron chi connectivity index (χ3n) is 3.64. The lowest BCUT2D eigenvalue weighted by molar-refractivity contribution is -0.114. The van der Waals surface area contributed by atoms with Crippen LogP contribution in [0.25, 0.3) is 5.69 Å². The topological polar surface area (TPSA) is 59.8 Å². The first-order valence-electron chi connectivity index (χ1n) is 8.17. The van der Waals surface area contributed by atoms with E-state index in [1.807, 2.05) is 34.9 Å². The number of hydrogen-bond acceptors (Lipinski definition) is 4. The first-order valence-corrected chi connectivity index (χ1v) is 9.16. The SMILES string of the molecule is CC(=O)Nc1cccc(-n2cnnc2SCCCc2ccccc2)c1. The van der Waals surface area contributed by atoms with Gasteiger partial charge >= 0.3 is 0 Å². The molecule has 0 fully saturated rings. The van der Waals surface area contributed by atoms with Crippen LogP contribution in [0.3, 0.4) is 0 Å². The minimum Gasteiger partial charge on any atom is -0.326 e. The molecule has 0 radical (unpaired) electrons. The van der Waals surface area contributed by atoms with Gasteiger partial charge in [-0.2, -0.15) is 0 Å². The summed E-state index contributed by atoms with van der Waals surface area (Å²) in [7, 11) is 0. The van der Waals surface area contributed by atoms with E-state index in [1.54, 1.807) is 18.1 Å². The summed E-state index contributed by atoms with van der Waals surface area (Å²) in [4.78, 5) is 11.2. The van der Waals surface area contributed by atoms with Gasteiger partial charge in [-0.1, -0.05) is 48.2 Å². The van der Waals surface area contributed by atoms with E-state index in [-0.39, 0.29) is 5.91 Å². The van der Waals surface area contributed by atoms with Gasteiger partial charge in [-0.25, -0.2) is 0 Å². The molecular formula is C19H20N4OS. The van der Waals surface area contributed by atoms with Gasteiger partial charge in [0.25, 0.3) is 0 Å². The fourth-order valence-electron chi connectivity index (χ4n) is 2.52. The Morgan fingerprint density at radius 1 is 1.16 bits per heavy atom. The van der Waals surface area contributed by atoms with Crippen LogP contribution in [0.2, 0.25) is 0 Å². The zero-order valence-electron chi connectivity index (χ0n) is 14.1. The normalized spacial score (nSPS) is 10.6. The van der Waals surface area contributed by atoms with Crippen molar-refractivity contribution >= 4 is 23.4 Å². The molecule has 128 valence electrons. The zero-order chi connectivity index (χ0) is 17.5. The number of thioether (sulfide) groups is 1. The maximum atomic E-state index is 11.2. The zero-order valence-corrected chi connectivity index (χ0v) is 14.9. The minimum atomic E-state index is -0.0867. The van der Waals surface area contributed by atoms with Crippen LogP contribution in [0.5, 0.6) is 0 Å². The number of nitrogens with zero attached hydrogens (tertiary/aromatic N) is 3. The average molecular weight is 352 g/mol. The molecule has 0 aliphatic heterocycles. The number of carbonyl (C=O) groups excluding carboxylic acids is 1. The van der Waals surface area contributed by atoms with Crippen molar-refractivity contribution in [3.05, 3.63) is 66.5 Å². The number of hydrogen-bond donors (Lipinski definition) is 1. The minimum absolute atomic E-state index is 0.0867. The molecule has 6 heteroatoms. The molecule has 0 atom stereocenters. The van der Waals surface area contributed by atoms with Crippen molar-refractivity contribution in [2.45, 2.75) is 24.9 Å². The molecule has 1 N–H and O–H groups in total. The molecule has 0 saturated heterocycles. The Bertz CT molecular complexity index is 832. The van der Waals surface area contributed by atoms with E-state index in [1.165, 1.54) is 12.5 Å². The van der Waals surface area contributed by atoms with Crippen molar-refractivity contribution in [1.82, 2.24) is 14.8 Å². The van der Waals surface area contributed by atoms with Gasteiger partial charge in [0.15, 0.2) is 5.16 Å². The number of carbonyl (C=O) groups is 1. The van der Waals surface area contributed by atoms with Gasteiger partial charge in [-0.15, -0.1) is 10.2 Å². The lowest BCUT2D eigenvalue weighted by Crippen LogP contribution is -2.06. The van der Waals surface area contributed by atoms with E-state index < -0.39 is 0 Å². The van der Waals surface area contributed by atoms with E-state index in [4.69, 9.17) is 0 Å². The monoisotopic (exact) mass is 352 g/mol. The predicted octanol–water partition coefficient (Wildman–Crippen LogP) is 3.95. The molecule has 0 bridgehead atoms. The van der Waals surface area contributed by atoms with Crippen LogP contribution >= 0.6 is 11.8 Å². The molecule has 1 aromatic heterocycles. The molecule has 1 amide bonds. The van der Waals surface area contributed by atoms with Crippen molar-refractivity contribution in [1.29, 1.82) is 0 Å². The van der Waals surface area contributed by atoms with Crippen molar-refractivity contribution in [3.63, 3.8) is 0 Å². The fourth-order valence-corrected chi connectivity index (χ4v) is 3.39. The Morgan fingerprint density at radius 3 is 2.80 bits per heavy atom. The Hall–Kier alpha value is -2.60. The van der Waals surface area contributed by atoms with Crippen LogP contribution in [0.15, 0.2) is 66.1 Å². The Kier molecular flexibility index (Phi) is 5.85. The van der Waals surface area contributed by atoms with Crippen LogP contribution < -0.4 is 5.32 Å². The summed E-state index contributed by atoms with van der Waals surface area (Å²) in [5.41, 5.74) is 3.05. The summed E-state index contributed by atoms with van der Waals surface area (Å²) in [5, 5.41) is 11.9. The van der Waals surface area contributed by atoms with Gasteiger partial charge in [-0.05, 0) is 36.6 Å². The third-order valence-corrected chi connectivity index (χ3v) is 4.67. The molecule has 0 aliphatic carbocycles. The van der Waals surface area contributed by atoms with Crippen molar-refractivity contribution in [2.24, 2.45) is 0 Å². The number of rotatable bonds is 7. The van der Waals surface area contributed by atoms with E-state index in [0.717, 1.165) is 35.1 Å². The van der Waals surface area contributed by atoms with Gasteiger partial charge in [-0.3, -0.25) is 9.36 Å². The molecule has 0 spiro atoms. The Morgan fingerprint density at radius 2 is 2.00 bits per heavy atom. The average Bonchev–Trinajstić information content (AvgIpc) is 3.08. The highest BCUT2D eigenvalue weighted by molar-refractivity contribution is 7.99. The predicted molar refractivity (Wildman–Crippen MR) is 101 cm³/mol. The summed E-state index contributed by atoms with van der Waals surface area (Å²) in [6.45, 7) is 1.50. The Balaban J connectivity index is 1.61. The number of aromatic nitrogens is 3. The number of benzene rings is 2. The van der Waals surface area contributed by atoms with E-state index >= 15 is 0 Å².